The Morgan fingerprint density at radius 2 is 1.87 bits per heavy atom. The average Bonchev–Trinajstić information content (AvgIpc) is 3.19. The highest BCUT2D eigenvalue weighted by Crippen LogP contribution is 2.44. The molecule has 0 amide bonds. The summed E-state index contributed by atoms with van der Waals surface area (Å²) in [4.78, 5) is 0. The zero-order chi connectivity index (χ0) is 21.5. The largest absolute Gasteiger partial charge is 0.491 e. The lowest BCUT2D eigenvalue weighted by atomic mass is 9.89. The molecule has 1 saturated heterocycles. The third-order valence-corrected chi connectivity index (χ3v) is 6.05. The Hall–Kier alpha value is -1.80. The SMILES string of the molecule is OC[C@@H]1C[C@H](O)C[C@H](c2cc(Cc3ccc(C(F)(F)F)cc3)c(Cl)c3c2CCO3)O1. The maximum absolute atomic E-state index is 12.8. The van der Waals surface area contributed by atoms with E-state index in [1.54, 1.807) is 0 Å². The number of fused-ring (bicyclic) bond motifs is 1. The van der Waals surface area contributed by atoms with Crippen LogP contribution in [0.5, 0.6) is 5.75 Å². The monoisotopic (exact) mass is 442 g/mol. The molecule has 2 aromatic carbocycles. The first-order valence-corrected chi connectivity index (χ1v) is 10.2. The third-order valence-electron chi connectivity index (χ3n) is 5.64. The fourth-order valence-corrected chi connectivity index (χ4v) is 4.46. The summed E-state index contributed by atoms with van der Waals surface area (Å²) in [6.07, 6.45) is -4.08. The topological polar surface area (TPSA) is 58.9 Å². The van der Waals surface area contributed by atoms with Gasteiger partial charge in [-0.3, -0.25) is 0 Å². The number of benzene rings is 2. The minimum absolute atomic E-state index is 0.182. The maximum atomic E-state index is 12.8. The van der Waals surface area contributed by atoms with E-state index in [9.17, 15) is 23.4 Å². The lowest BCUT2D eigenvalue weighted by molar-refractivity contribution is -0.137. The summed E-state index contributed by atoms with van der Waals surface area (Å²) in [5, 5.41) is 20.1. The van der Waals surface area contributed by atoms with Crippen molar-refractivity contribution in [2.75, 3.05) is 13.2 Å². The van der Waals surface area contributed by atoms with Crippen LogP contribution in [0.3, 0.4) is 0 Å². The van der Waals surface area contributed by atoms with Gasteiger partial charge in [0.15, 0.2) is 0 Å². The zero-order valence-electron chi connectivity index (χ0n) is 16.1. The Balaban J connectivity index is 1.67. The molecule has 0 bridgehead atoms. The standard InChI is InChI=1S/C22H22ClF3O4/c23-20-13(7-12-1-3-14(4-2-12)22(24,25)26)8-18(17-5-6-29-21(17)20)19-10-15(28)9-16(11-27)30-19/h1-4,8,15-16,19,27-28H,5-7,9-11H2/t15-,16-,19+/m0/s1. The molecule has 1 fully saturated rings. The minimum atomic E-state index is -4.38. The van der Waals surface area contributed by atoms with Gasteiger partial charge >= 0.3 is 6.18 Å². The summed E-state index contributed by atoms with van der Waals surface area (Å²) < 4.78 is 50.2. The number of aliphatic hydroxyl groups excluding tert-OH is 2. The third kappa shape index (κ3) is 4.30. The molecule has 0 unspecified atom stereocenters. The van der Waals surface area contributed by atoms with Gasteiger partial charge in [-0.2, -0.15) is 13.2 Å². The summed E-state index contributed by atoms with van der Waals surface area (Å²) in [6, 6.07) is 6.89. The van der Waals surface area contributed by atoms with Gasteiger partial charge in [0, 0.05) is 24.8 Å². The molecule has 2 N–H and O–H groups in total. The van der Waals surface area contributed by atoms with Gasteiger partial charge < -0.3 is 19.7 Å². The first-order chi connectivity index (χ1) is 14.3. The Labute approximate surface area is 177 Å². The van der Waals surface area contributed by atoms with Crippen LogP contribution in [0.4, 0.5) is 13.2 Å². The van der Waals surface area contributed by atoms with Crippen molar-refractivity contribution in [2.45, 2.75) is 50.2 Å². The van der Waals surface area contributed by atoms with Crippen LogP contribution in [0.1, 0.15) is 46.8 Å². The van der Waals surface area contributed by atoms with Gasteiger partial charge in [-0.25, -0.2) is 0 Å². The maximum Gasteiger partial charge on any atom is 0.416 e. The quantitative estimate of drug-likeness (QED) is 0.734. The second kappa shape index (κ2) is 8.38. The lowest BCUT2D eigenvalue weighted by Gasteiger charge is -2.33. The molecule has 0 spiro atoms. The van der Waals surface area contributed by atoms with Crippen molar-refractivity contribution in [3.8, 4) is 5.75 Å². The van der Waals surface area contributed by atoms with Crippen molar-refractivity contribution in [1.29, 1.82) is 0 Å². The predicted octanol–water partition coefficient (Wildman–Crippen LogP) is 4.46. The molecule has 4 nitrogen and oxygen atoms in total. The molecular formula is C22H22ClF3O4. The molecule has 0 radical (unpaired) electrons. The lowest BCUT2D eigenvalue weighted by Crippen LogP contribution is -2.33. The molecule has 162 valence electrons. The van der Waals surface area contributed by atoms with Crippen molar-refractivity contribution in [3.63, 3.8) is 0 Å². The van der Waals surface area contributed by atoms with Gasteiger partial charge in [-0.1, -0.05) is 29.8 Å². The molecule has 0 saturated carbocycles. The fourth-order valence-electron chi connectivity index (χ4n) is 4.17. The first kappa shape index (κ1) is 21.4. The highest BCUT2D eigenvalue weighted by atomic mass is 35.5. The molecular weight excluding hydrogens is 421 g/mol. The van der Waals surface area contributed by atoms with Crippen LogP contribution in [0.2, 0.25) is 5.02 Å². The Bertz CT molecular complexity index is 914. The number of hydrogen-bond donors (Lipinski definition) is 2. The Morgan fingerprint density at radius 1 is 1.13 bits per heavy atom. The van der Waals surface area contributed by atoms with E-state index in [-0.39, 0.29) is 6.61 Å². The second-order valence-electron chi connectivity index (χ2n) is 7.77. The van der Waals surface area contributed by atoms with Crippen LogP contribution < -0.4 is 4.74 Å². The van der Waals surface area contributed by atoms with Gasteiger partial charge in [0.05, 0.1) is 42.1 Å². The van der Waals surface area contributed by atoms with E-state index in [1.807, 2.05) is 6.07 Å². The molecule has 2 heterocycles. The fraction of sp³-hybridized carbons (Fsp3) is 0.455. The highest BCUT2D eigenvalue weighted by molar-refractivity contribution is 6.33. The minimum Gasteiger partial charge on any atom is -0.491 e. The number of hydrogen-bond acceptors (Lipinski definition) is 4. The smallest absolute Gasteiger partial charge is 0.416 e. The molecule has 8 heteroatoms. The van der Waals surface area contributed by atoms with Crippen LogP contribution in [0, 0.1) is 0 Å². The van der Waals surface area contributed by atoms with E-state index in [0.29, 0.717) is 48.6 Å². The van der Waals surface area contributed by atoms with E-state index in [0.717, 1.165) is 28.8 Å². The van der Waals surface area contributed by atoms with Crippen LogP contribution >= 0.6 is 11.6 Å². The van der Waals surface area contributed by atoms with Crippen LogP contribution in [0.25, 0.3) is 0 Å². The van der Waals surface area contributed by atoms with E-state index in [4.69, 9.17) is 21.1 Å². The van der Waals surface area contributed by atoms with E-state index in [2.05, 4.69) is 0 Å². The summed E-state index contributed by atoms with van der Waals surface area (Å²) in [6.45, 7) is 0.294. The van der Waals surface area contributed by atoms with E-state index >= 15 is 0 Å². The second-order valence-corrected chi connectivity index (χ2v) is 8.15. The summed E-state index contributed by atoms with van der Waals surface area (Å²) in [5.41, 5.74) is 2.48. The normalized spacial score (nSPS) is 23.9. The molecule has 0 aliphatic carbocycles. The van der Waals surface area contributed by atoms with E-state index in [1.165, 1.54) is 12.1 Å². The summed E-state index contributed by atoms with van der Waals surface area (Å²) >= 11 is 6.57. The Morgan fingerprint density at radius 3 is 2.53 bits per heavy atom. The zero-order valence-corrected chi connectivity index (χ0v) is 16.8. The first-order valence-electron chi connectivity index (χ1n) is 9.83. The van der Waals surface area contributed by atoms with Gasteiger partial charge in [0.2, 0.25) is 0 Å². The number of aliphatic hydroxyl groups is 2. The van der Waals surface area contributed by atoms with Crippen LogP contribution in [-0.2, 0) is 23.8 Å². The highest BCUT2D eigenvalue weighted by Gasteiger charge is 2.34. The molecule has 2 aliphatic rings. The summed E-state index contributed by atoms with van der Waals surface area (Å²) in [7, 11) is 0. The van der Waals surface area contributed by atoms with Crippen LogP contribution in [-0.4, -0.2) is 35.6 Å². The number of halogens is 4. The molecule has 4 rings (SSSR count). The molecule has 30 heavy (non-hydrogen) atoms. The van der Waals surface area contributed by atoms with Gasteiger partial charge in [-0.15, -0.1) is 0 Å². The number of ether oxygens (including phenoxy) is 2. The summed E-state index contributed by atoms with van der Waals surface area (Å²) in [5.74, 6) is 0.570. The van der Waals surface area contributed by atoms with Crippen molar-refractivity contribution in [1.82, 2.24) is 0 Å². The molecule has 3 atom stereocenters. The molecule has 2 aromatic rings. The number of alkyl halides is 3. The van der Waals surface area contributed by atoms with Crippen molar-refractivity contribution in [2.24, 2.45) is 0 Å². The Kier molecular flexibility index (Phi) is 5.99. The number of rotatable bonds is 4. The van der Waals surface area contributed by atoms with Crippen molar-refractivity contribution < 1.29 is 32.9 Å². The van der Waals surface area contributed by atoms with Crippen molar-refractivity contribution >= 4 is 11.6 Å². The molecule has 2 aliphatic heterocycles. The predicted molar refractivity (Wildman–Crippen MR) is 105 cm³/mol. The van der Waals surface area contributed by atoms with E-state index < -0.39 is 30.1 Å². The van der Waals surface area contributed by atoms with Gasteiger partial charge in [0.1, 0.15) is 5.75 Å². The molecule has 0 aromatic heterocycles. The average molecular weight is 443 g/mol. The van der Waals surface area contributed by atoms with Gasteiger partial charge in [-0.05, 0) is 35.2 Å². The van der Waals surface area contributed by atoms with Crippen LogP contribution in [0.15, 0.2) is 30.3 Å². The van der Waals surface area contributed by atoms with Crippen molar-refractivity contribution in [3.05, 3.63) is 63.2 Å². The van der Waals surface area contributed by atoms with Gasteiger partial charge in [0.25, 0.3) is 0 Å².